The second-order valence-electron chi connectivity index (χ2n) is 6.63. The molecule has 1 fully saturated rings. The first-order valence-corrected chi connectivity index (χ1v) is 8.79. The van der Waals surface area contributed by atoms with E-state index in [0.717, 1.165) is 5.56 Å². The van der Waals surface area contributed by atoms with Crippen molar-refractivity contribution >= 4 is 17.0 Å². The lowest BCUT2D eigenvalue weighted by Gasteiger charge is -2.23. The van der Waals surface area contributed by atoms with Crippen LogP contribution >= 0.6 is 0 Å². The van der Waals surface area contributed by atoms with Crippen LogP contribution in [0.15, 0.2) is 54.7 Å². The largest absolute Gasteiger partial charge is 0.445 e. The fraction of sp³-hybridized carbons (Fsp3) is 0.286. The number of aliphatic hydroxyl groups excluding tert-OH is 1. The maximum atomic E-state index is 13.5. The van der Waals surface area contributed by atoms with Crippen LogP contribution in [0.25, 0.3) is 10.9 Å². The summed E-state index contributed by atoms with van der Waals surface area (Å²) >= 11 is 0. The number of aromatic amines is 1. The SMILES string of the molecule is [2H]C([2H])(c1c[nH]c2cc(F)ccc12)[C@@H]1C[C@H](O)CN1C(=O)OCc1ccccc1. The molecule has 1 aliphatic rings. The smallest absolute Gasteiger partial charge is 0.410 e. The number of aromatic nitrogens is 1. The predicted octanol–water partition coefficient (Wildman–Crippen LogP) is 3.62. The zero-order chi connectivity index (χ0) is 20.6. The molecule has 1 aromatic heterocycles. The van der Waals surface area contributed by atoms with E-state index in [-0.39, 0.29) is 19.6 Å². The number of aliphatic hydroxyl groups is 1. The molecule has 5 nitrogen and oxygen atoms in total. The van der Waals surface area contributed by atoms with E-state index in [9.17, 15) is 14.3 Å². The van der Waals surface area contributed by atoms with E-state index in [2.05, 4.69) is 4.98 Å². The van der Waals surface area contributed by atoms with Crippen LogP contribution < -0.4 is 0 Å². The molecule has 4 rings (SSSR count). The topological polar surface area (TPSA) is 65.6 Å². The molecule has 0 spiro atoms. The summed E-state index contributed by atoms with van der Waals surface area (Å²) in [6, 6.07) is 12.4. The van der Waals surface area contributed by atoms with E-state index in [0.29, 0.717) is 16.5 Å². The Kier molecular flexibility index (Phi) is 4.17. The average molecular weight is 370 g/mol. The number of halogens is 1. The number of ether oxygens (including phenoxy) is 1. The number of amides is 1. The van der Waals surface area contributed by atoms with Crippen molar-refractivity contribution in [3.63, 3.8) is 0 Å². The van der Waals surface area contributed by atoms with Gasteiger partial charge in [0.1, 0.15) is 12.4 Å². The third-order valence-electron chi connectivity index (χ3n) is 4.68. The van der Waals surface area contributed by atoms with Crippen molar-refractivity contribution in [3.05, 3.63) is 71.7 Å². The molecule has 0 bridgehead atoms. The molecule has 0 saturated carbocycles. The molecule has 1 aliphatic heterocycles. The minimum absolute atomic E-state index is 0.00518. The Bertz CT molecular complexity index is 1030. The molecule has 6 heteroatoms. The summed E-state index contributed by atoms with van der Waals surface area (Å²) in [6.07, 6.45) is -1.92. The molecular formula is C21H21FN2O3. The van der Waals surface area contributed by atoms with Gasteiger partial charge in [0.2, 0.25) is 0 Å². The second kappa shape index (κ2) is 7.40. The van der Waals surface area contributed by atoms with Gasteiger partial charge in [-0.05, 0) is 42.1 Å². The lowest BCUT2D eigenvalue weighted by atomic mass is 10.0. The molecule has 0 unspecified atom stereocenters. The van der Waals surface area contributed by atoms with E-state index in [1.807, 2.05) is 30.3 Å². The first-order chi connectivity index (χ1) is 13.9. The van der Waals surface area contributed by atoms with Crippen LogP contribution in [0.3, 0.4) is 0 Å². The van der Waals surface area contributed by atoms with Crippen molar-refractivity contribution in [2.24, 2.45) is 0 Å². The average Bonchev–Trinajstić information content (AvgIpc) is 3.31. The lowest BCUT2D eigenvalue weighted by molar-refractivity contribution is 0.0877. The Morgan fingerprint density at radius 1 is 1.33 bits per heavy atom. The molecule has 1 amide bonds. The number of hydrogen-bond donors (Lipinski definition) is 2. The molecule has 2 N–H and O–H groups in total. The summed E-state index contributed by atoms with van der Waals surface area (Å²) in [6.45, 7) is 0.0587. The lowest BCUT2D eigenvalue weighted by Crippen LogP contribution is -2.37. The van der Waals surface area contributed by atoms with Gasteiger partial charge in [0.15, 0.2) is 0 Å². The molecule has 140 valence electrons. The molecule has 2 aromatic carbocycles. The minimum atomic E-state index is -1.97. The first kappa shape index (κ1) is 15.2. The van der Waals surface area contributed by atoms with Crippen LogP contribution in [-0.4, -0.2) is 39.8 Å². The Hall–Kier alpha value is -2.86. The van der Waals surface area contributed by atoms with Crippen molar-refractivity contribution in [1.29, 1.82) is 0 Å². The number of carbonyl (C=O) groups is 1. The summed E-state index contributed by atoms with van der Waals surface area (Å²) in [4.78, 5) is 16.8. The van der Waals surface area contributed by atoms with E-state index >= 15 is 0 Å². The van der Waals surface area contributed by atoms with Crippen LogP contribution in [0.5, 0.6) is 0 Å². The monoisotopic (exact) mass is 370 g/mol. The fourth-order valence-electron chi connectivity index (χ4n) is 3.35. The highest BCUT2D eigenvalue weighted by molar-refractivity contribution is 5.83. The van der Waals surface area contributed by atoms with Gasteiger partial charge in [-0.3, -0.25) is 0 Å². The zero-order valence-electron chi connectivity index (χ0n) is 16.6. The van der Waals surface area contributed by atoms with Gasteiger partial charge in [0.25, 0.3) is 0 Å². The third kappa shape index (κ3) is 3.80. The van der Waals surface area contributed by atoms with Gasteiger partial charge in [0.05, 0.1) is 12.6 Å². The Morgan fingerprint density at radius 2 is 2.15 bits per heavy atom. The Balaban J connectivity index is 1.58. The Morgan fingerprint density at radius 3 is 2.96 bits per heavy atom. The van der Waals surface area contributed by atoms with E-state index < -0.39 is 30.4 Å². The standard InChI is InChI=1S/C21H21FN2O3/c22-16-6-7-19-15(11-23-20(19)9-16)8-17-10-18(25)12-24(17)21(26)27-13-14-4-2-1-3-5-14/h1-7,9,11,17-18,23,25H,8,10,12-13H2/t17-,18+/m1/s1/i8D2. The molecule has 2 atom stereocenters. The quantitative estimate of drug-likeness (QED) is 0.737. The van der Waals surface area contributed by atoms with E-state index in [1.165, 1.54) is 29.3 Å². The maximum Gasteiger partial charge on any atom is 0.410 e. The molecule has 2 heterocycles. The van der Waals surface area contributed by atoms with E-state index in [1.54, 1.807) is 0 Å². The van der Waals surface area contributed by atoms with Crippen LogP contribution in [0.1, 0.15) is 20.3 Å². The number of likely N-dealkylation sites (tertiary alicyclic amines) is 1. The van der Waals surface area contributed by atoms with Gasteiger partial charge in [-0.15, -0.1) is 0 Å². The number of β-amino-alcohol motifs (C(OH)–C–C–N with tert-alkyl or cyclic N) is 1. The summed E-state index contributed by atoms with van der Waals surface area (Å²) < 4.78 is 36.3. The van der Waals surface area contributed by atoms with Crippen LogP contribution in [0, 0.1) is 5.82 Å². The molecule has 1 saturated heterocycles. The summed E-state index contributed by atoms with van der Waals surface area (Å²) in [5.41, 5.74) is 1.60. The summed E-state index contributed by atoms with van der Waals surface area (Å²) in [7, 11) is 0. The molecule has 0 aliphatic carbocycles. The van der Waals surface area contributed by atoms with Crippen molar-refractivity contribution in [3.8, 4) is 0 Å². The number of carbonyl (C=O) groups excluding carboxylic acids is 1. The zero-order valence-corrected chi connectivity index (χ0v) is 14.6. The number of fused-ring (bicyclic) bond motifs is 1. The van der Waals surface area contributed by atoms with Crippen LogP contribution in [0.2, 0.25) is 0 Å². The fourth-order valence-corrected chi connectivity index (χ4v) is 3.35. The number of hydrogen-bond acceptors (Lipinski definition) is 3. The highest BCUT2D eigenvalue weighted by Gasteiger charge is 2.35. The van der Waals surface area contributed by atoms with Crippen LogP contribution in [-0.2, 0) is 17.7 Å². The highest BCUT2D eigenvalue weighted by Crippen LogP contribution is 2.27. The van der Waals surface area contributed by atoms with Crippen molar-refractivity contribution in [2.45, 2.75) is 31.5 Å². The first-order valence-electron chi connectivity index (χ1n) is 9.79. The van der Waals surface area contributed by atoms with Crippen molar-refractivity contribution in [2.75, 3.05) is 6.54 Å². The Labute approximate surface area is 159 Å². The number of rotatable bonds is 4. The highest BCUT2D eigenvalue weighted by atomic mass is 19.1. The molecule has 3 aromatic rings. The number of nitrogens with one attached hydrogen (secondary N) is 1. The van der Waals surface area contributed by atoms with Gasteiger partial charge in [0, 0.05) is 25.9 Å². The molecule has 27 heavy (non-hydrogen) atoms. The second-order valence-corrected chi connectivity index (χ2v) is 6.63. The van der Waals surface area contributed by atoms with Gasteiger partial charge in [-0.2, -0.15) is 0 Å². The van der Waals surface area contributed by atoms with Gasteiger partial charge >= 0.3 is 6.09 Å². The van der Waals surface area contributed by atoms with E-state index in [4.69, 9.17) is 7.48 Å². The number of nitrogens with zero attached hydrogens (tertiary/aromatic N) is 1. The summed E-state index contributed by atoms with van der Waals surface area (Å²) in [5.74, 6) is -0.422. The molecular weight excluding hydrogens is 347 g/mol. The maximum absolute atomic E-state index is 13.5. The molecule has 0 radical (unpaired) electrons. The number of H-pyrrole nitrogens is 1. The van der Waals surface area contributed by atoms with Crippen molar-refractivity contribution < 1.29 is 21.8 Å². The third-order valence-corrected chi connectivity index (χ3v) is 4.68. The minimum Gasteiger partial charge on any atom is -0.445 e. The van der Waals surface area contributed by atoms with Gasteiger partial charge in [-0.1, -0.05) is 30.3 Å². The van der Waals surface area contributed by atoms with Crippen molar-refractivity contribution in [1.82, 2.24) is 9.88 Å². The normalized spacial score (nSPS) is 21.2. The van der Waals surface area contributed by atoms with Gasteiger partial charge in [-0.25, -0.2) is 9.18 Å². The van der Waals surface area contributed by atoms with Gasteiger partial charge < -0.3 is 19.7 Å². The predicted molar refractivity (Wildman–Crippen MR) is 99.7 cm³/mol. The summed E-state index contributed by atoms with van der Waals surface area (Å²) in [5, 5.41) is 10.7. The number of benzene rings is 2. The van der Waals surface area contributed by atoms with Crippen LogP contribution in [0.4, 0.5) is 9.18 Å².